The van der Waals surface area contributed by atoms with Crippen molar-refractivity contribution in [3.8, 4) is 12.1 Å². The summed E-state index contributed by atoms with van der Waals surface area (Å²) in [5.74, 6) is -1.81. The number of aromatic nitrogens is 2. The van der Waals surface area contributed by atoms with Crippen molar-refractivity contribution in [3.05, 3.63) is 41.6 Å². The van der Waals surface area contributed by atoms with E-state index in [1.807, 2.05) is 17.0 Å². The largest absolute Gasteiger partial charge is 0.381 e. The lowest BCUT2D eigenvalue weighted by Gasteiger charge is -2.38. The fourth-order valence-electron chi connectivity index (χ4n) is 4.99. The van der Waals surface area contributed by atoms with Gasteiger partial charge in [0, 0.05) is 44.8 Å². The molecule has 164 valence electrons. The maximum Gasteiger partial charge on any atom is 0.253 e. The highest BCUT2D eigenvalue weighted by Crippen LogP contribution is 2.53. The van der Waals surface area contributed by atoms with Crippen LogP contribution >= 0.6 is 0 Å². The van der Waals surface area contributed by atoms with Gasteiger partial charge in [-0.25, -0.2) is 18.7 Å². The van der Waals surface area contributed by atoms with Crippen LogP contribution in [0.15, 0.2) is 30.5 Å². The van der Waals surface area contributed by atoms with Crippen molar-refractivity contribution in [3.63, 3.8) is 0 Å². The molecule has 3 aliphatic rings. The van der Waals surface area contributed by atoms with Crippen LogP contribution in [0.5, 0.6) is 0 Å². The van der Waals surface area contributed by atoms with Gasteiger partial charge in [0.25, 0.3) is 5.92 Å². The second-order valence-corrected chi connectivity index (χ2v) is 8.81. The normalized spacial score (nSPS) is 25.2. The van der Waals surface area contributed by atoms with E-state index in [1.54, 1.807) is 12.1 Å². The summed E-state index contributed by atoms with van der Waals surface area (Å²) in [6.45, 7) is 1.75. The number of pyridine rings is 2. The van der Waals surface area contributed by atoms with E-state index in [0.717, 1.165) is 5.56 Å². The van der Waals surface area contributed by atoms with Gasteiger partial charge in [0.1, 0.15) is 17.5 Å². The van der Waals surface area contributed by atoms with Crippen molar-refractivity contribution < 1.29 is 13.5 Å². The second-order valence-electron chi connectivity index (χ2n) is 8.81. The summed E-state index contributed by atoms with van der Waals surface area (Å²) in [5, 5.41) is 22.3. The van der Waals surface area contributed by atoms with Crippen LogP contribution in [-0.2, 0) is 10.2 Å². The quantitative estimate of drug-likeness (QED) is 0.779. The summed E-state index contributed by atoms with van der Waals surface area (Å²) < 4.78 is 33.4. The van der Waals surface area contributed by atoms with Crippen molar-refractivity contribution >= 4 is 17.5 Å². The zero-order valence-electron chi connectivity index (χ0n) is 17.4. The molecule has 1 unspecified atom stereocenters. The van der Waals surface area contributed by atoms with Crippen LogP contribution in [0, 0.1) is 34.5 Å². The molecule has 0 aromatic carbocycles. The molecular weight excluding hydrogens is 414 g/mol. The molecule has 2 aromatic heterocycles. The molecule has 2 atom stereocenters. The monoisotopic (exact) mass is 436 g/mol. The van der Waals surface area contributed by atoms with Gasteiger partial charge >= 0.3 is 0 Å². The molecule has 0 amide bonds. The standard InChI is InChI=1S/C23H22F2N6O/c24-23(25)10-16-12-31(13-18(16)23)21-9-17(22(14-27)2-5-32-6-3-22)8-20(30-21)29-19-7-15(11-26)1-4-28-19/h1,4,7-9,16,18H,2-3,5-6,10,12-13H2,(H,28,29,30)/t16-,18?/m1/s1. The number of anilines is 3. The van der Waals surface area contributed by atoms with Gasteiger partial charge in [-0.1, -0.05) is 0 Å². The van der Waals surface area contributed by atoms with E-state index < -0.39 is 17.3 Å². The lowest BCUT2D eigenvalue weighted by Crippen LogP contribution is -2.46. The molecule has 0 spiro atoms. The summed E-state index contributed by atoms with van der Waals surface area (Å²) >= 11 is 0. The van der Waals surface area contributed by atoms with Crippen molar-refractivity contribution in [2.24, 2.45) is 11.8 Å². The van der Waals surface area contributed by atoms with Gasteiger partial charge in [-0.15, -0.1) is 0 Å². The Kier molecular flexibility index (Phi) is 4.94. The molecule has 2 saturated heterocycles. The number of nitrogens with zero attached hydrogens (tertiary/aromatic N) is 5. The van der Waals surface area contributed by atoms with Crippen molar-refractivity contribution in [2.45, 2.75) is 30.6 Å². The smallest absolute Gasteiger partial charge is 0.253 e. The molecule has 1 aliphatic carbocycles. The molecule has 5 rings (SSSR count). The third-order valence-electron chi connectivity index (χ3n) is 6.91. The molecule has 7 nitrogen and oxygen atoms in total. The van der Waals surface area contributed by atoms with Gasteiger partial charge in [0.2, 0.25) is 0 Å². The van der Waals surface area contributed by atoms with Crippen LogP contribution in [0.25, 0.3) is 0 Å². The zero-order chi connectivity index (χ0) is 22.3. The Morgan fingerprint density at radius 1 is 1.12 bits per heavy atom. The Bertz CT molecular complexity index is 1120. The maximum atomic E-state index is 14.0. The molecule has 2 aromatic rings. The minimum Gasteiger partial charge on any atom is -0.381 e. The fraction of sp³-hybridized carbons (Fsp3) is 0.478. The van der Waals surface area contributed by atoms with Gasteiger partial charge in [0.15, 0.2) is 0 Å². The van der Waals surface area contributed by atoms with Crippen molar-refractivity contribution in [1.29, 1.82) is 10.5 Å². The summed E-state index contributed by atoms with van der Waals surface area (Å²) in [7, 11) is 0. The Labute approximate surface area is 184 Å². The summed E-state index contributed by atoms with van der Waals surface area (Å²) in [5.41, 5.74) is 0.519. The first-order valence-electron chi connectivity index (χ1n) is 10.7. The molecule has 4 heterocycles. The number of rotatable bonds is 4. The number of alkyl halides is 2. The highest BCUT2D eigenvalue weighted by atomic mass is 19.3. The number of nitrogens with one attached hydrogen (secondary N) is 1. The number of hydrogen-bond donors (Lipinski definition) is 1. The number of fused-ring (bicyclic) bond motifs is 1. The first-order chi connectivity index (χ1) is 15.4. The van der Waals surface area contributed by atoms with E-state index >= 15 is 0 Å². The van der Waals surface area contributed by atoms with E-state index in [1.165, 1.54) is 6.20 Å². The average Bonchev–Trinajstić information content (AvgIpc) is 3.19. The summed E-state index contributed by atoms with van der Waals surface area (Å²) in [6, 6.07) is 11.4. The van der Waals surface area contributed by atoms with Gasteiger partial charge in [-0.2, -0.15) is 10.5 Å². The number of hydrogen-bond acceptors (Lipinski definition) is 7. The lowest BCUT2D eigenvalue weighted by molar-refractivity contribution is -0.152. The molecule has 1 N–H and O–H groups in total. The van der Waals surface area contributed by atoms with Gasteiger partial charge < -0.3 is 15.0 Å². The van der Waals surface area contributed by atoms with Crippen molar-refractivity contribution in [1.82, 2.24) is 9.97 Å². The number of ether oxygens (including phenoxy) is 1. The van der Waals surface area contributed by atoms with Crippen LogP contribution in [0.4, 0.5) is 26.2 Å². The predicted octanol–water partition coefficient (Wildman–Crippen LogP) is 3.76. The molecule has 0 radical (unpaired) electrons. The second kappa shape index (κ2) is 7.68. The van der Waals surface area contributed by atoms with E-state index in [9.17, 15) is 14.0 Å². The van der Waals surface area contributed by atoms with E-state index in [0.29, 0.717) is 55.6 Å². The Morgan fingerprint density at radius 3 is 2.62 bits per heavy atom. The minimum absolute atomic E-state index is 0.0335. The summed E-state index contributed by atoms with van der Waals surface area (Å²) in [4.78, 5) is 10.8. The molecule has 0 bridgehead atoms. The number of nitriles is 2. The summed E-state index contributed by atoms with van der Waals surface area (Å²) in [6.07, 6.45) is 2.56. The fourth-order valence-corrected chi connectivity index (χ4v) is 4.99. The van der Waals surface area contributed by atoms with Crippen LogP contribution in [-0.4, -0.2) is 42.2 Å². The van der Waals surface area contributed by atoms with E-state index in [-0.39, 0.29) is 18.9 Å². The zero-order valence-corrected chi connectivity index (χ0v) is 17.4. The average molecular weight is 436 g/mol. The molecular formula is C23H22F2N6O. The molecule has 1 saturated carbocycles. The topological polar surface area (TPSA) is 97.9 Å². The molecule has 2 aliphatic heterocycles. The van der Waals surface area contributed by atoms with Gasteiger partial charge in [-0.3, -0.25) is 0 Å². The van der Waals surface area contributed by atoms with Crippen LogP contribution in [0.2, 0.25) is 0 Å². The third-order valence-corrected chi connectivity index (χ3v) is 6.91. The van der Waals surface area contributed by atoms with Gasteiger partial charge in [0.05, 0.1) is 23.1 Å². The Hall–Kier alpha value is -3.30. The number of halogens is 2. The lowest BCUT2D eigenvalue weighted by atomic mass is 9.72. The van der Waals surface area contributed by atoms with Crippen LogP contribution in [0.3, 0.4) is 0 Å². The third kappa shape index (κ3) is 3.53. The molecule has 3 fully saturated rings. The van der Waals surface area contributed by atoms with E-state index in [4.69, 9.17) is 10.00 Å². The highest BCUT2D eigenvalue weighted by Gasteiger charge is 2.59. The minimum atomic E-state index is -2.62. The SMILES string of the molecule is N#Cc1ccnc(Nc2cc(C3(C#N)CCOCC3)cc(N3CC4[C@@H](C3)CC4(F)F)n2)c1. The highest BCUT2D eigenvalue weighted by molar-refractivity contribution is 5.60. The van der Waals surface area contributed by atoms with E-state index in [2.05, 4.69) is 27.4 Å². The van der Waals surface area contributed by atoms with Gasteiger partial charge in [-0.05, 0) is 48.6 Å². The molecule has 32 heavy (non-hydrogen) atoms. The molecule has 9 heteroatoms. The van der Waals surface area contributed by atoms with Crippen LogP contribution in [0.1, 0.15) is 30.4 Å². The van der Waals surface area contributed by atoms with Crippen LogP contribution < -0.4 is 10.2 Å². The Balaban J connectivity index is 1.52. The maximum absolute atomic E-state index is 14.0. The first-order valence-corrected chi connectivity index (χ1v) is 10.7. The Morgan fingerprint density at radius 2 is 1.94 bits per heavy atom. The predicted molar refractivity (Wildman–Crippen MR) is 113 cm³/mol. The first kappa shape index (κ1) is 20.6. The van der Waals surface area contributed by atoms with Crippen molar-refractivity contribution in [2.75, 3.05) is 36.5 Å².